The molecule has 0 amide bonds. The van der Waals surface area contributed by atoms with Crippen LogP contribution >= 0.6 is 15.9 Å². The number of benzene rings is 2. The molecule has 1 aromatic heterocycles. The summed E-state index contributed by atoms with van der Waals surface area (Å²) in [6, 6.07) is 12.3. The van der Waals surface area contributed by atoms with Gasteiger partial charge in [0.05, 0.1) is 12.2 Å². The summed E-state index contributed by atoms with van der Waals surface area (Å²) in [5.74, 6) is 0.0843. The molecule has 7 heteroatoms. The average Bonchev–Trinajstić information content (AvgIpc) is 2.93. The van der Waals surface area contributed by atoms with Gasteiger partial charge < -0.3 is 5.73 Å². The third kappa shape index (κ3) is 2.78. The Morgan fingerprint density at radius 1 is 1.19 bits per heavy atom. The lowest BCUT2D eigenvalue weighted by atomic mass is 10.1. The molecule has 5 nitrogen and oxygen atoms in total. The van der Waals surface area contributed by atoms with E-state index in [9.17, 15) is 4.39 Å². The summed E-state index contributed by atoms with van der Waals surface area (Å²) in [6.45, 7) is 0.501. The standard InChI is InChI=1S/C14H11BrFN5/c15-11-4-2-1-3-10(11)8-21-14(18-19-20-21)9-5-6-12(16)13(17)7-9/h1-7H,8,17H2. The van der Waals surface area contributed by atoms with E-state index in [1.54, 1.807) is 10.7 Å². The fourth-order valence-electron chi connectivity index (χ4n) is 1.99. The fourth-order valence-corrected chi connectivity index (χ4v) is 2.40. The van der Waals surface area contributed by atoms with Crippen molar-refractivity contribution in [2.45, 2.75) is 6.54 Å². The Morgan fingerprint density at radius 2 is 2.00 bits per heavy atom. The molecule has 0 unspecified atom stereocenters. The second-order valence-electron chi connectivity index (χ2n) is 4.49. The van der Waals surface area contributed by atoms with Crippen molar-refractivity contribution in [3.05, 3.63) is 58.3 Å². The van der Waals surface area contributed by atoms with Gasteiger partial charge in [-0.1, -0.05) is 34.1 Å². The molecule has 0 atom stereocenters. The van der Waals surface area contributed by atoms with Crippen LogP contribution in [-0.2, 0) is 6.54 Å². The summed E-state index contributed by atoms with van der Waals surface area (Å²) < 4.78 is 15.9. The third-order valence-electron chi connectivity index (χ3n) is 3.06. The maximum atomic E-state index is 13.3. The number of nitrogen functional groups attached to an aromatic ring is 1. The molecule has 0 aliphatic heterocycles. The molecular weight excluding hydrogens is 337 g/mol. The minimum absolute atomic E-state index is 0.0722. The van der Waals surface area contributed by atoms with E-state index < -0.39 is 5.82 Å². The van der Waals surface area contributed by atoms with Crippen LogP contribution in [0.1, 0.15) is 5.56 Å². The van der Waals surface area contributed by atoms with Crippen LogP contribution < -0.4 is 5.73 Å². The number of nitrogens with zero attached hydrogens (tertiary/aromatic N) is 4. The van der Waals surface area contributed by atoms with Gasteiger partial charge in [0.2, 0.25) is 0 Å². The smallest absolute Gasteiger partial charge is 0.182 e. The minimum atomic E-state index is -0.455. The van der Waals surface area contributed by atoms with Gasteiger partial charge in [0, 0.05) is 10.0 Å². The van der Waals surface area contributed by atoms with E-state index in [0.29, 0.717) is 17.9 Å². The highest BCUT2D eigenvalue weighted by Gasteiger charge is 2.12. The van der Waals surface area contributed by atoms with Crippen molar-refractivity contribution in [3.63, 3.8) is 0 Å². The van der Waals surface area contributed by atoms with E-state index >= 15 is 0 Å². The second-order valence-corrected chi connectivity index (χ2v) is 5.34. The van der Waals surface area contributed by atoms with Crippen LogP contribution in [0.25, 0.3) is 11.4 Å². The molecule has 0 fully saturated rings. The zero-order valence-electron chi connectivity index (χ0n) is 10.9. The summed E-state index contributed by atoms with van der Waals surface area (Å²) >= 11 is 3.49. The van der Waals surface area contributed by atoms with E-state index in [1.165, 1.54) is 12.1 Å². The molecule has 1 heterocycles. The summed E-state index contributed by atoms with van der Waals surface area (Å²) in [7, 11) is 0. The number of aromatic nitrogens is 4. The maximum Gasteiger partial charge on any atom is 0.182 e. The average molecular weight is 348 g/mol. The SMILES string of the molecule is Nc1cc(-c2nnnn2Cc2ccccc2Br)ccc1F. The molecule has 2 aromatic carbocycles. The first-order valence-electron chi connectivity index (χ1n) is 6.20. The normalized spacial score (nSPS) is 10.8. The monoisotopic (exact) mass is 347 g/mol. The third-order valence-corrected chi connectivity index (χ3v) is 3.84. The molecule has 0 bridgehead atoms. The molecule has 0 aliphatic carbocycles. The number of hydrogen-bond acceptors (Lipinski definition) is 4. The van der Waals surface area contributed by atoms with Crippen molar-refractivity contribution >= 4 is 21.6 Å². The van der Waals surface area contributed by atoms with E-state index in [2.05, 4.69) is 31.5 Å². The Kier molecular flexibility index (Phi) is 3.66. The van der Waals surface area contributed by atoms with Crippen LogP contribution in [0, 0.1) is 5.82 Å². The highest BCUT2D eigenvalue weighted by Crippen LogP contribution is 2.23. The van der Waals surface area contributed by atoms with Crippen LogP contribution in [0.5, 0.6) is 0 Å². The van der Waals surface area contributed by atoms with Gasteiger partial charge in [-0.25, -0.2) is 9.07 Å². The molecule has 3 rings (SSSR count). The van der Waals surface area contributed by atoms with Gasteiger partial charge in [0.1, 0.15) is 5.82 Å². The minimum Gasteiger partial charge on any atom is -0.396 e. The molecule has 0 saturated heterocycles. The topological polar surface area (TPSA) is 69.6 Å². The van der Waals surface area contributed by atoms with Crippen LogP contribution in [-0.4, -0.2) is 20.2 Å². The van der Waals surface area contributed by atoms with Crippen molar-refractivity contribution in [3.8, 4) is 11.4 Å². The first kappa shape index (κ1) is 13.7. The second kappa shape index (κ2) is 5.61. The molecule has 0 aliphatic rings. The van der Waals surface area contributed by atoms with Gasteiger partial charge in [-0.3, -0.25) is 0 Å². The Bertz CT molecular complexity index is 787. The largest absolute Gasteiger partial charge is 0.396 e. The Morgan fingerprint density at radius 3 is 2.76 bits per heavy atom. The summed E-state index contributed by atoms with van der Waals surface area (Å²) in [4.78, 5) is 0. The predicted octanol–water partition coefficient (Wildman–Crippen LogP) is 2.87. The molecule has 0 saturated carbocycles. The molecular formula is C14H11BrFN5. The lowest BCUT2D eigenvalue weighted by Gasteiger charge is -2.07. The van der Waals surface area contributed by atoms with Crippen molar-refractivity contribution in [1.82, 2.24) is 20.2 Å². The van der Waals surface area contributed by atoms with Crippen LogP contribution in [0.2, 0.25) is 0 Å². The van der Waals surface area contributed by atoms with E-state index in [4.69, 9.17) is 5.73 Å². The Balaban J connectivity index is 1.97. The fraction of sp³-hybridized carbons (Fsp3) is 0.0714. The van der Waals surface area contributed by atoms with Gasteiger partial charge in [0.15, 0.2) is 5.82 Å². The van der Waals surface area contributed by atoms with Crippen LogP contribution in [0.15, 0.2) is 46.9 Å². The highest BCUT2D eigenvalue weighted by molar-refractivity contribution is 9.10. The zero-order chi connectivity index (χ0) is 14.8. The van der Waals surface area contributed by atoms with Gasteiger partial charge in [-0.15, -0.1) is 5.10 Å². The van der Waals surface area contributed by atoms with Crippen molar-refractivity contribution in [2.24, 2.45) is 0 Å². The Hall–Kier alpha value is -2.28. The van der Waals surface area contributed by atoms with E-state index in [0.717, 1.165) is 10.0 Å². The number of nitrogens with two attached hydrogens (primary N) is 1. The van der Waals surface area contributed by atoms with Crippen LogP contribution in [0.3, 0.4) is 0 Å². The lowest BCUT2D eigenvalue weighted by molar-refractivity contribution is 0.632. The highest BCUT2D eigenvalue weighted by atomic mass is 79.9. The maximum absolute atomic E-state index is 13.3. The first-order chi connectivity index (χ1) is 10.1. The number of rotatable bonds is 3. The van der Waals surface area contributed by atoms with E-state index in [-0.39, 0.29) is 5.69 Å². The first-order valence-corrected chi connectivity index (χ1v) is 6.99. The van der Waals surface area contributed by atoms with Gasteiger partial charge >= 0.3 is 0 Å². The Labute approximate surface area is 128 Å². The van der Waals surface area contributed by atoms with Crippen molar-refractivity contribution in [2.75, 3.05) is 5.73 Å². The summed E-state index contributed by atoms with van der Waals surface area (Å²) in [5, 5.41) is 11.7. The van der Waals surface area contributed by atoms with Crippen molar-refractivity contribution < 1.29 is 4.39 Å². The molecule has 21 heavy (non-hydrogen) atoms. The molecule has 0 radical (unpaired) electrons. The lowest BCUT2D eigenvalue weighted by Crippen LogP contribution is -2.05. The number of tetrazole rings is 1. The number of hydrogen-bond donors (Lipinski definition) is 1. The summed E-state index contributed by atoms with van der Waals surface area (Å²) in [5.41, 5.74) is 7.38. The number of anilines is 1. The quantitative estimate of drug-likeness (QED) is 0.739. The van der Waals surface area contributed by atoms with Gasteiger partial charge in [0.25, 0.3) is 0 Å². The van der Waals surface area contributed by atoms with Gasteiger partial charge in [-0.05, 0) is 40.3 Å². The van der Waals surface area contributed by atoms with Crippen LogP contribution in [0.4, 0.5) is 10.1 Å². The van der Waals surface area contributed by atoms with Crippen molar-refractivity contribution in [1.29, 1.82) is 0 Å². The number of halogens is 2. The van der Waals surface area contributed by atoms with E-state index in [1.807, 2.05) is 24.3 Å². The van der Waals surface area contributed by atoms with Gasteiger partial charge in [-0.2, -0.15) is 0 Å². The molecule has 3 aromatic rings. The zero-order valence-corrected chi connectivity index (χ0v) is 12.5. The molecule has 0 spiro atoms. The molecule has 106 valence electrons. The summed E-state index contributed by atoms with van der Waals surface area (Å²) in [6.07, 6.45) is 0. The molecule has 2 N–H and O–H groups in total. The predicted molar refractivity (Wildman–Crippen MR) is 80.9 cm³/mol.